The molecule has 51 heavy (non-hydrogen) atoms. The van der Waals surface area contributed by atoms with E-state index in [1.54, 1.807) is 32.7 Å². The zero-order valence-electron chi connectivity index (χ0n) is 28.1. The Morgan fingerprint density at radius 3 is 1.57 bits per heavy atom. The van der Waals surface area contributed by atoms with Crippen LogP contribution in [0.3, 0.4) is 0 Å². The van der Waals surface area contributed by atoms with Crippen molar-refractivity contribution < 1.29 is 9.47 Å². The molecule has 252 valence electrons. The van der Waals surface area contributed by atoms with Crippen molar-refractivity contribution in [1.29, 1.82) is 0 Å². The Labute approximate surface area is 301 Å². The van der Waals surface area contributed by atoms with Crippen LogP contribution in [0.15, 0.2) is 158 Å². The van der Waals surface area contributed by atoms with Crippen molar-refractivity contribution in [3.8, 4) is 34.0 Å². The quantitative estimate of drug-likeness (QED) is 0.177. The Hall–Kier alpha value is -6.51. The zero-order valence-corrected chi connectivity index (χ0v) is 28.8. The lowest BCUT2D eigenvalue weighted by Crippen LogP contribution is -1.96. The number of anilines is 3. The van der Waals surface area contributed by atoms with Crippen molar-refractivity contribution in [3.05, 3.63) is 163 Å². The molecule has 0 saturated heterocycles. The number of nitrogens with one attached hydrogen (secondary N) is 1. The number of fused-ring (bicyclic) bond motifs is 2. The molecule has 0 radical (unpaired) electrons. The van der Waals surface area contributed by atoms with Crippen LogP contribution in [-0.2, 0) is 0 Å². The number of para-hydroxylation sites is 2. The summed E-state index contributed by atoms with van der Waals surface area (Å²) in [6.07, 6.45) is 3.44. The number of hydrogen-bond acceptors (Lipinski definition) is 8. The molecule has 4 heterocycles. The van der Waals surface area contributed by atoms with Gasteiger partial charge in [-0.15, -0.1) is 0 Å². The summed E-state index contributed by atoms with van der Waals surface area (Å²) >= 11 is 6.31. The summed E-state index contributed by atoms with van der Waals surface area (Å²) in [7, 11) is 3.32. The number of aromatic nitrogens is 4. The highest BCUT2D eigenvalue weighted by atomic mass is 35.5. The van der Waals surface area contributed by atoms with Gasteiger partial charge in [0.25, 0.3) is 0 Å². The van der Waals surface area contributed by atoms with Gasteiger partial charge in [-0.2, -0.15) is 0 Å². The maximum Gasteiger partial charge on any atom is 0.130 e. The number of nitrogens with two attached hydrogens (primary N) is 1. The van der Waals surface area contributed by atoms with Crippen LogP contribution in [0.25, 0.3) is 44.3 Å². The third-order valence-corrected chi connectivity index (χ3v) is 8.08. The van der Waals surface area contributed by atoms with Crippen molar-refractivity contribution in [2.45, 2.75) is 0 Å². The largest absolute Gasteiger partial charge is 0.497 e. The molecule has 0 atom stereocenters. The van der Waals surface area contributed by atoms with E-state index in [0.29, 0.717) is 5.82 Å². The molecule has 8 rings (SSSR count). The first kappa shape index (κ1) is 34.4. The third-order valence-electron chi connectivity index (χ3n) is 7.77. The first-order chi connectivity index (χ1) is 25.0. The Morgan fingerprint density at radius 2 is 1.06 bits per heavy atom. The molecule has 0 bridgehead atoms. The predicted octanol–water partition coefficient (Wildman–Crippen LogP) is 10.3. The fourth-order valence-electron chi connectivity index (χ4n) is 5.18. The van der Waals surface area contributed by atoms with E-state index in [2.05, 4.69) is 32.4 Å². The van der Waals surface area contributed by atoms with Crippen LogP contribution >= 0.6 is 11.6 Å². The fraction of sp³-hybridized carbons (Fsp3) is 0.0476. The SMILES string of the molecule is COc1ccc(-c2cc(Cl)c3ccccc3n2)cc1.COc1ccc(-c2cc(Nc3ccccn3)c3ccccc3n2)cc1.Nc1ccccn1. The second-order valence-corrected chi connectivity index (χ2v) is 11.5. The van der Waals surface area contributed by atoms with E-state index >= 15 is 0 Å². The summed E-state index contributed by atoms with van der Waals surface area (Å²) in [4.78, 5) is 17.6. The van der Waals surface area contributed by atoms with E-state index in [1.165, 1.54) is 0 Å². The van der Waals surface area contributed by atoms with Crippen molar-refractivity contribution in [2.24, 2.45) is 0 Å². The molecule has 3 N–H and O–H groups in total. The van der Waals surface area contributed by atoms with Gasteiger partial charge in [0.05, 0.1) is 47.4 Å². The Balaban J connectivity index is 0.000000151. The number of rotatable bonds is 6. The molecule has 0 fully saturated rings. The molecule has 8 nitrogen and oxygen atoms in total. The van der Waals surface area contributed by atoms with Crippen LogP contribution in [0.1, 0.15) is 0 Å². The number of methoxy groups -OCH3 is 2. The summed E-state index contributed by atoms with van der Waals surface area (Å²) in [5, 5.41) is 6.16. The molecule has 4 aromatic carbocycles. The van der Waals surface area contributed by atoms with E-state index in [9.17, 15) is 0 Å². The first-order valence-electron chi connectivity index (χ1n) is 16.1. The predicted molar refractivity (Wildman–Crippen MR) is 209 cm³/mol. The molecule has 0 amide bonds. The highest BCUT2D eigenvalue weighted by Gasteiger charge is 2.09. The summed E-state index contributed by atoms with van der Waals surface area (Å²) in [5.41, 5.74) is 11.9. The van der Waals surface area contributed by atoms with Gasteiger partial charge in [-0.1, -0.05) is 60.1 Å². The number of nitrogen functional groups attached to an aromatic ring is 1. The average molecular weight is 691 g/mol. The minimum Gasteiger partial charge on any atom is -0.497 e. The molecular formula is C42H35ClN6O2. The zero-order chi connectivity index (χ0) is 35.4. The molecule has 0 aliphatic carbocycles. The van der Waals surface area contributed by atoms with E-state index < -0.39 is 0 Å². The van der Waals surface area contributed by atoms with Crippen LogP contribution in [-0.4, -0.2) is 34.2 Å². The lowest BCUT2D eigenvalue weighted by atomic mass is 10.1. The topological polar surface area (TPSA) is 108 Å². The summed E-state index contributed by atoms with van der Waals surface area (Å²) < 4.78 is 10.4. The number of benzene rings is 4. The van der Waals surface area contributed by atoms with Gasteiger partial charge in [0, 0.05) is 34.3 Å². The first-order valence-corrected chi connectivity index (χ1v) is 16.5. The van der Waals surface area contributed by atoms with Gasteiger partial charge in [-0.25, -0.2) is 19.9 Å². The van der Waals surface area contributed by atoms with Crippen LogP contribution in [0.4, 0.5) is 17.3 Å². The maximum atomic E-state index is 6.31. The summed E-state index contributed by atoms with van der Waals surface area (Å²) in [5.74, 6) is 3.04. The van der Waals surface area contributed by atoms with Crippen molar-refractivity contribution in [1.82, 2.24) is 19.9 Å². The Kier molecular flexibility index (Phi) is 11.3. The molecule has 0 spiro atoms. The monoisotopic (exact) mass is 690 g/mol. The molecule has 0 saturated carbocycles. The van der Waals surface area contributed by atoms with Crippen molar-refractivity contribution >= 4 is 50.7 Å². The van der Waals surface area contributed by atoms with Crippen LogP contribution < -0.4 is 20.5 Å². The van der Waals surface area contributed by atoms with Crippen LogP contribution in [0.5, 0.6) is 11.5 Å². The normalized spacial score (nSPS) is 10.3. The van der Waals surface area contributed by atoms with E-state index in [1.807, 2.05) is 127 Å². The molecule has 9 heteroatoms. The van der Waals surface area contributed by atoms with E-state index in [-0.39, 0.29) is 0 Å². The van der Waals surface area contributed by atoms with Gasteiger partial charge in [-0.05, 0) is 97.1 Å². The third kappa shape index (κ3) is 8.94. The number of nitrogens with zero attached hydrogens (tertiary/aromatic N) is 4. The molecular weight excluding hydrogens is 656 g/mol. The summed E-state index contributed by atoms with van der Waals surface area (Å²) in [6.45, 7) is 0. The lowest BCUT2D eigenvalue weighted by Gasteiger charge is -2.12. The van der Waals surface area contributed by atoms with Gasteiger partial charge >= 0.3 is 0 Å². The highest BCUT2D eigenvalue weighted by Crippen LogP contribution is 2.31. The van der Waals surface area contributed by atoms with Gasteiger partial charge in [0.15, 0.2) is 0 Å². The average Bonchev–Trinajstić information content (AvgIpc) is 3.19. The second kappa shape index (κ2) is 16.7. The molecule has 0 aliphatic rings. The van der Waals surface area contributed by atoms with Crippen LogP contribution in [0, 0.1) is 0 Å². The minimum atomic E-state index is 0.572. The molecule has 0 unspecified atom stereocenters. The molecule has 4 aromatic heterocycles. The van der Waals surface area contributed by atoms with Gasteiger partial charge in [0.2, 0.25) is 0 Å². The number of ether oxygens (including phenoxy) is 2. The number of pyridine rings is 4. The molecule has 8 aromatic rings. The molecule has 0 aliphatic heterocycles. The van der Waals surface area contributed by atoms with Gasteiger partial charge < -0.3 is 20.5 Å². The smallest absolute Gasteiger partial charge is 0.130 e. The number of halogens is 1. The lowest BCUT2D eigenvalue weighted by molar-refractivity contribution is 0.415. The van der Waals surface area contributed by atoms with Gasteiger partial charge in [-0.3, -0.25) is 0 Å². The number of hydrogen-bond donors (Lipinski definition) is 2. The maximum absolute atomic E-state index is 6.31. The van der Waals surface area contributed by atoms with E-state index in [0.717, 1.165) is 72.3 Å². The Morgan fingerprint density at radius 1 is 0.549 bits per heavy atom. The standard InChI is InChI=1S/C21H17N3O.C16H12ClNO.C5H6N2/c1-25-16-11-9-15(10-12-16)19-14-20(24-21-8-4-5-13-22-21)17-6-2-3-7-18(17)23-19;1-19-12-8-6-11(7-9-12)16-10-14(17)13-4-2-3-5-15(13)18-16;6-5-3-1-2-4-7-5/h2-14H,1H3,(H,22,23,24);2-10H,1H3;1-4H,(H2,6,7). The van der Waals surface area contributed by atoms with Gasteiger partial charge in [0.1, 0.15) is 23.1 Å². The van der Waals surface area contributed by atoms with E-state index in [4.69, 9.17) is 31.8 Å². The summed E-state index contributed by atoms with van der Waals surface area (Å²) in [6, 6.07) is 46.8. The highest BCUT2D eigenvalue weighted by molar-refractivity contribution is 6.35. The van der Waals surface area contributed by atoms with Crippen molar-refractivity contribution in [3.63, 3.8) is 0 Å². The second-order valence-electron chi connectivity index (χ2n) is 11.1. The Bertz CT molecular complexity index is 2320. The van der Waals surface area contributed by atoms with Crippen LogP contribution in [0.2, 0.25) is 5.02 Å². The van der Waals surface area contributed by atoms with Crippen molar-refractivity contribution in [2.75, 3.05) is 25.3 Å². The minimum absolute atomic E-state index is 0.572. The fourth-order valence-corrected chi connectivity index (χ4v) is 5.44.